The number of fused-ring (bicyclic) bond motifs is 8. The van der Waals surface area contributed by atoms with Gasteiger partial charge in [0.2, 0.25) is 0 Å². The number of aromatic nitrogens is 2. The van der Waals surface area contributed by atoms with Gasteiger partial charge in [0, 0.05) is 17.0 Å². The van der Waals surface area contributed by atoms with Crippen LogP contribution in [0, 0.1) is 13.8 Å². The first-order chi connectivity index (χ1) is 14.2. The van der Waals surface area contributed by atoms with Gasteiger partial charge in [-0.3, -0.25) is 4.40 Å². The van der Waals surface area contributed by atoms with Crippen molar-refractivity contribution >= 4 is 38.2 Å². The lowest BCUT2D eigenvalue weighted by atomic mass is 9.92. The molecule has 0 atom stereocenters. The van der Waals surface area contributed by atoms with Crippen molar-refractivity contribution in [1.82, 2.24) is 9.38 Å². The molecule has 29 heavy (non-hydrogen) atoms. The highest BCUT2D eigenvalue weighted by Crippen LogP contribution is 2.40. The number of aryl methyl sites for hydroxylation is 2. The fourth-order valence-corrected chi connectivity index (χ4v) is 4.52. The SMILES string of the molecule is Cc1ccc(-c2cccc3c4ccc(C)cc4c4c(nc5ccccn54)c23)cc1. The monoisotopic (exact) mass is 372 g/mol. The molecule has 4 aromatic carbocycles. The van der Waals surface area contributed by atoms with Crippen molar-refractivity contribution in [3.63, 3.8) is 0 Å². The summed E-state index contributed by atoms with van der Waals surface area (Å²) in [5.74, 6) is 0. The first-order valence-electron chi connectivity index (χ1n) is 9.99. The first kappa shape index (κ1) is 16.3. The van der Waals surface area contributed by atoms with Crippen molar-refractivity contribution in [1.29, 1.82) is 0 Å². The summed E-state index contributed by atoms with van der Waals surface area (Å²) < 4.78 is 2.22. The minimum absolute atomic E-state index is 0.983. The van der Waals surface area contributed by atoms with E-state index in [-0.39, 0.29) is 0 Å². The highest BCUT2D eigenvalue weighted by molar-refractivity contribution is 6.27. The van der Waals surface area contributed by atoms with Crippen LogP contribution in [0.3, 0.4) is 0 Å². The second kappa shape index (κ2) is 5.92. The molecule has 6 rings (SSSR count). The number of imidazole rings is 1. The summed E-state index contributed by atoms with van der Waals surface area (Å²) in [6, 6.07) is 28.4. The maximum Gasteiger partial charge on any atom is 0.137 e. The number of hydrogen-bond donors (Lipinski definition) is 0. The van der Waals surface area contributed by atoms with Crippen molar-refractivity contribution in [3.05, 3.63) is 96.2 Å². The molecule has 0 bridgehead atoms. The van der Waals surface area contributed by atoms with Gasteiger partial charge in [-0.25, -0.2) is 4.98 Å². The van der Waals surface area contributed by atoms with Gasteiger partial charge in [-0.1, -0.05) is 71.8 Å². The van der Waals surface area contributed by atoms with E-state index in [0.29, 0.717) is 0 Å². The highest BCUT2D eigenvalue weighted by Gasteiger charge is 2.17. The fourth-order valence-electron chi connectivity index (χ4n) is 4.52. The Labute approximate surface area is 169 Å². The molecule has 0 aliphatic heterocycles. The van der Waals surface area contributed by atoms with Gasteiger partial charge in [-0.05, 0) is 53.9 Å². The molecule has 138 valence electrons. The minimum atomic E-state index is 0.983. The van der Waals surface area contributed by atoms with Crippen LogP contribution >= 0.6 is 0 Å². The first-order valence-corrected chi connectivity index (χ1v) is 9.99. The number of hydrogen-bond acceptors (Lipinski definition) is 1. The average Bonchev–Trinajstić information content (AvgIpc) is 3.14. The van der Waals surface area contributed by atoms with E-state index in [4.69, 9.17) is 4.98 Å². The predicted octanol–water partition coefficient (Wildman–Crippen LogP) is 7.08. The number of nitrogens with zero attached hydrogens (tertiary/aromatic N) is 2. The van der Waals surface area contributed by atoms with Gasteiger partial charge in [-0.15, -0.1) is 0 Å². The van der Waals surface area contributed by atoms with Crippen molar-refractivity contribution in [2.45, 2.75) is 13.8 Å². The molecule has 2 aromatic heterocycles. The Hall–Kier alpha value is -3.65. The fraction of sp³-hybridized carbons (Fsp3) is 0.0741. The molecule has 2 heteroatoms. The molecule has 0 spiro atoms. The van der Waals surface area contributed by atoms with E-state index in [1.807, 2.05) is 0 Å². The molecule has 0 unspecified atom stereocenters. The Kier molecular flexibility index (Phi) is 3.33. The normalized spacial score (nSPS) is 11.8. The molecule has 0 radical (unpaired) electrons. The van der Waals surface area contributed by atoms with Crippen molar-refractivity contribution < 1.29 is 0 Å². The Morgan fingerprint density at radius 3 is 2.38 bits per heavy atom. The second-order valence-electron chi connectivity index (χ2n) is 7.88. The molecule has 0 N–H and O–H groups in total. The molecule has 0 fully saturated rings. The molecular weight excluding hydrogens is 352 g/mol. The van der Waals surface area contributed by atoms with Gasteiger partial charge >= 0.3 is 0 Å². The van der Waals surface area contributed by atoms with Crippen LogP contribution in [0.2, 0.25) is 0 Å². The van der Waals surface area contributed by atoms with Crippen LogP contribution < -0.4 is 0 Å². The van der Waals surface area contributed by atoms with E-state index in [2.05, 4.69) is 103 Å². The van der Waals surface area contributed by atoms with Crippen LogP contribution in [0.5, 0.6) is 0 Å². The van der Waals surface area contributed by atoms with Gasteiger partial charge in [-0.2, -0.15) is 0 Å². The summed E-state index contributed by atoms with van der Waals surface area (Å²) in [6.45, 7) is 4.28. The highest BCUT2D eigenvalue weighted by atomic mass is 15.0. The van der Waals surface area contributed by atoms with Gasteiger partial charge in [0.15, 0.2) is 0 Å². The van der Waals surface area contributed by atoms with Crippen molar-refractivity contribution in [3.8, 4) is 11.1 Å². The Morgan fingerprint density at radius 1 is 0.690 bits per heavy atom. The standard InChI is InChI=1S/C27H20N2/c1-17-9-12-19(13-10-17)20-6-5-7-22-21-14-11-18(2)16-23(21)27-26(25(20)22)28-24-8-3-4-15-29(24)27/h3-16H,1-2H3. The van der Waals surface area contributed by atoms with Crippen molar-refractivity contribution in [2.24, 2.45) is 0 Å². The lowest BCUT2D eigenvalue weighted by molar-refractivity contribution is 1.23. The lowest BCUT2D eigenvalue weighted by Gasteiger charge is -2.12. The molecular formula is C27H20N2. The summed E-state index contributed by atoms with van der Waals surface area (Å²) in [4.78, 5) is 5.09. The maximum atomic E-state index is 5.09. The average molecular weight is 372 g/mol. The Bertz CT molecular complexity index is 1550. The summed E-state index contributed by atoms with van der Waals surface area (Å²) in [6.07, 6.45) is 2.12. The minimum Gasteiger partial charge on any atom is -0.299 e. The zero-order chi connectivity index (χ0) is 19.5. The zero-order valence-electron chi connectivity index (χ0n) is 16.5. The third-order valence-electron chi connectivity index (χ3n) is 5.91. The van der Waals surface area contributed by atoms with E-state index in [9.17, 15) is 0 Å². The second-order valence-corrected chi connectivity index (χ2v) is 7.88. The molecule has 0 aliphatic carbocycles. The number of benzene rings is 4. The van der Waals surface area contributed by atoms with Crippen LogP contribution in [0.1, 0.15) is 11.1 Å². The maximum absolute atomic E-state index is 5.09. The molecule has 0 saturated carbocycles. The largest absolute Gasteiger partial charge is 0.299 e. The van der Waals surface area contributed by atoms with Gasteiger partial charge in [0.25, 0.3) is 0 Å². The van der Waals surface area contributed by atoms with Crippen LogP contribution in [0.25, 0.3) is 49.4 Å². The summed E-state index contributed by atoms with van der Waals surface area (Å²) in [5.41, 5.74) is 8.24. The van der Waals surface area contributed by atoms with Crippen LogP contribution in [-0.2, 0) is 0 Å². The van der Waals surface area contributed by atoms with E-state index in [1.165, 1.54) is 49.3 Å². The Morgan fingerprint density at radius 2 is 1.52 bits per heavy atom. The van der Waals surface area contributed by atoms with Crippen LogP contribution in [-0.4, -0.2) is 9.38 Å². The van der Waals surface area contributed by atoms with E-state index < -0.39 is 0 Å². The summed E-state index contributed by atoms with van der Waals surface area (Å²) in [5, 5.41) is 5.02. The van der Waals surface area contributed by atoms with Crippen LogP contribution in [0.15, 0.2) is 85.1 Å². The molecule has 0 amide bonds. The van der Waals surface area contributed by atoms with Crippen molar-refractivity contribution in [2.75, 3.05) is 0 Å². The third-order valence-corrected chi connectivity index (χ3v) is 5.91. The van der Waals surface area contributed by atoms with Gasteiger partial charge in [0.1, 0.15) is 5.65 Å². The van der Waals surface area contributed by atoms with Gasteiger partial charge < -0.3 is 0 Å². The predicted molar refractivity (Wildman–Crippen MR) is 123 cm³/mol. The van der Waals surface area contributed by atoms with E-state index in [0.717, 1.165) is 11.2 Å². The number of rotatable bonds is 1. The molecule has 0 aliphatic rings. The van der Waals surface area contributed by atoms with Gasteiger partial charge in [0.05, 0.1) is 11.0 Å². The zero-order valence-corrected chi connectivity index (χ0v) is 16.5. The van der Waals surface area contributed by atoms with Crippen LogP contribution in [0.4, 0.5) is 0 Å². The third kappa shape index (κ3) is 2.32. The topological polar surface area (TPSA) is 17.3 Å². The molecule has 6 aromatic rings. The Balaban J connectivity index is 1.91. The lowest BCUT2D eigenvalue weighted by Crippen LogP contribution is -1.89. The van der Waals surface area contributed by atoms with E-state index in [1.54, 1.807) is 0 Å². The number of pyridine rings is 1. The quantitative estimate of drug-likeness (QED) is 0.282. The molecule has 2 heterocycles. The molecule has 2 nitrogen and oxygen atoms in total. The smallest absolute Gasteiger partial charge is 0.137 e. The summed E-state index contributed by atoms with van der Waals surface area (Å²) >= 11 is 0. The molecule has 0 saturated heterocycles. The van der Waals surface area contributed by atoms with E-state index >= 15 is 0 Å². The summed E-state index contributed by atoms with van der Waals surface area (Å²) in [7, 11) is 0.